The van der Waals surface area contributed by atoms with Crippen molar-refractivity contribution >= 4 is 24.0 Å². The fourth-order valence-corrected chi connectivity index (χ4v) is 3.05. The monoisotopic (exact) mass is 517 g/mol. The van der Waals surface area contributed by atoms with Gasteiger partial charge in [-0.2, -0.15) is 0 Å². The van der Waals surface area contributed by atoms with E-state index < -0.39 is 36.6 Å². The molecule has 0 fully saturated rings. The van der Waals surface area contributed by atoms with Crippen molar-refractivity contribution in [1.29, 1.82) is 0 Å². The standard InChI is InChI=1S/C26H31NO10/c1-4-33-23(28)16-35-21-12-11-19(14-22(21)36-17-24(29)34-5-2)13-20(27-26(31)32-3)25(30)37-15-18-9-7-6-8-10-18/h6-12,14,20H,4-5,13,15-17H2,1-3H3,(H,27,31). The van der Waals surface area contributed by atoms with Gasteiger partial charge < -0.3 is 33.7 Å². The average Bonchev–Trinajstić information content (AvgIpc) is 2.90. The molecule has 1 amide bonds. The lowest BCUT2D eigenvalue weighted by atomic mass is 10.1. The molecule has 0 saturated carbocycles. The van der Waals surface area contributed by atoms with Gasteiger partial charge in [0.2, 0.25) is 0 Å². The van der Waals surface area contributed by atoms with Gasteiger partial charge in [0.25, 0.3) is 0 Å². The van der Waals surface area contributed by atoms with Crippen molar-refractivity contribution in [2.75, 3.05) is 33.5 Å². The van der Waals surface area contributed by atoms with Crippen LogP contribution in [0.25, 0.3) is 0 Å². The predicted octanol–water partition coefficient (Wildman–Crippen LogP) is 2.58. The van der Waals surface area contributed by atoms with Gasteiger partial charge in [-0.05, 0) is 37.1 Å². The van der Waals surface area contributed by atoms with Gasteiger partial charge in [0, 0.05) is 6.42 Å². The second-order valence-electron chi connectivity index (χ2n) is 7.45. The van der Waals surface area contributed by atoms with Gasteiger partial charge in [0.05, 0.1) is 20.3 Å². The minimum atomic E-state index is -1.08. The summed E-state index contributed by atoms with van der Waals surface area (Å²) < 4.78 is 30.8. The molecule has 0 aliphatic rings. The van der Waals surface area contributed by atoms with Gasteiger partial charge in [-0.1, -0.05) is 36.4 Å². The molecule has 0 aliphatic heterocycles. The zero-order valence-electron chi connectivity index (χ0n) is 21.0. The molecule has 37 heavy (non-hydrogen) atoms. The highest BCUT2D eigenvalue weighted by molar-refractivity contribution is 5.81. The number of hydrogen-bond donors (Lipinski definition) is 1. The summed E-state index contributed by atoms with van der Waals surface area (Å²) in [7, 11) is 1.18. The van der Waals surface area contributed by atoms with Gasteiger partial charge in [-0.25, -0.2) is 19.2 Å². The smallest absolute Gasteiger partial charge is 0.407 e. The maximum absolute atomic E-state index is 12.8. The Balaban J connectivity index is 2.20. The van der Waals surface area contributed by atoms with E-state index in [4.69, 9.17) is 23.7 Å². The van der Waals surface area contributed by atoms with Crippen molar-refractivity contribution in [1.82, 2.24) is 5.32 Å². The Morgan fingerprint density at radius 2 is 1.41 bits per heavy atom. The fraction of sp³-hybridized carbons (Fsp3) is 0.385. The number of benzene rings is 2. The van der Waals surface area contributed by atoms with E-state index in [0.29, 0.717) is 5.56 Å². The van der Waals surface area contributed by atoms with E-state index in [2.05, 4.69) is 10.1 Å². The van der Waals surface area contributed by atoms with Gasteiger partial charge in [-0.15, -0.1) is 0 Å². The molecule has 11 heteroatoms. The van der Waals surface area contributed by atoms with Crippen LogP contribution in [-0.2, 0) is 46.4 Å². The number of ether oxygens (including phenoxy) is 6. The molecule has 0 heterocycles. The third-order valence-corrected chi connectivity index (χ3v) is 4.74. The van der Waals surface area contributed by atoms with Crippen LogP contribution < -0.4 is 14.8 Å². The summed E-state index contributed by atoms with van der Waals surface area (Å²) in [5, 5.41) is 2.46. The molecular formula is C26H31NO10. The predicted molar refractivity (Wildman–Crippen MR) is 130 cm³/mol. The normalized spacial score (nSPS) is 11.0. The molecule has 11 nitrogen and oxygen atoms in total. The summed E-state index contributed by atoms with van der Waals surface area (Å²) in [6, 6.07) is 12.7. The van der Waals surface area contributed by atoms with E-state index in [0.717, 1.165) is 5.56 Å². The number of amides is 1. The fourth-order valence-electron chi connectivity index (χ4n) is 3.05. The van der Waals surface area contributed by atoms with E-state index in [1.165, 1.54) is 19.2 Å². The molecule has 0 aromatic heterocycles. The second kappa shape index (κ2) is 15.7. The number of alkyl carbamates (subject to hydrolysis) is 1. The first-order valence-corrected chi connectivity index (χ1v) is 11.6. The molecule has 1 atom stereocenters. The highest BCUT2D eigenvalue weighted by Gasteiger charge is 2.24. The van der Waals surface area contributed by atoms with Gasteiger partial charge >= 0.3 is 24.0 Å². The summed E-state index contributed by atoms with van der Waals surface area (Å²) in [5.41, 5.74) is 1.32. The molecule has 0 saturated heterocycles. The lowest BCUT2D eigenvalue weighted by Gasteiger charge is -2.18. The van der Waals surface area contributed by atoms with Crippen LogP contribution in [0, 0.1) is 0 Å². The Morgan fingerprint density at radius 3 is 2.00 bits per heavy atom. The SMILES string of the molecule is CCOC(=O)COc1ccc(CC(NC(=O)OC)C(=O)OCc2ccccc2)cc1OCC(=O)OCC. The van der Waals surface area contributed by atoms with E-state index in [1.807, 2.05) is 18.2 Å². The molecule has 1 N–H and O–H groups in total. The van der Waals surface area contributed by atoms with Crippen LogP contribution >= 0.6 is 0 Å². The molecule has 0 aliphatic carbocycles. The zero-order chi connectivity index (χ0) is 27.0. The van der Waals surface area contributed by atoms with Crippen LogP contribution in [-0.4, -0.2) is 63.6 Å². The average molecular weight is 518 g/mol. The highest BCUT2D eigenvalue weighted by atomic mass is 16.6. The molecule has 2 aromatic carbocycles. The van der Waals surface area contributed by atoms with Crippen LogP contribution in [0.5, 0.6) is 11.5 Å². The number of nitrogens with one attached hydrogen (secondary N) is 1. The minimum absolute atomic E-state index is 0.0106. The molecule has 2 rings (SSSR count). The third kappa shape index (κ3) is 10.5. The topological polar surface area (TPSA) is 136 Å². The maximum Gasteiger partial charge on any atom is 0.407 e. The first-order valence-electron chi connectivity index (χ1n) is 11.6. The molecule has 0 spiro atoms. The van der Waals surface area contributed by atoms with Crippen LogP contribution in [0.15, 0.2) is 48.5 Å². The quantitative estimate of drug-likeness (QED) is 0.294. The lowest BCUT2D eigenvalue weighted by Crippen LogP contribution is -2.43. The van der Waals surface area contributed by atoms with Crippen molar-refractivity contribution in [2.24, 2.45) is 0 Å². The van der Waals surface area contributed by atoms with Crippen LogP contribution in [0.1, 0.15) is 25.0 Å². The zero-order valence-corrected chi connectivity index (χ0v) is 21.0. The molecule has 0 radical (unpaired) electrons. The largest absolute Gasteiger partial charge is 0.478 e. The number of esters is 3. The molecule has 1 unspecified atom stereocenters. The number of methoxy groups -OCH3 is 1. The molecular weight excluding hydrogens is 486 g/mol. The van der Waals surface area contributed by atoms with E-state index in [1.54, 1.807) is 32.0 Å². The number of rotatable bonds is 14. The molecule has 2 aromatic rings. The summed E-state index contributed by atoms with van der Waals surface area (Å²) in [5.74, 6) is -1.55. The second-order valence-corrected chi connectivity index (χ2v) is 7.45. The van der Waals surface area contributed by atoms with E-state index in [9.17, 15) is 19.2 Å². The Labute approximate surface area is 214 Å². The van der Waals surface area contributed by atoms with Crippen LogP contribution in [0.3, 0.4) is 0 Å². The Morgan fingerprint density at radius 1 is 0.784 bits per heavy atom. The summed E-state index contributed by atoms with van der Waals surface area (Å²) in [4.78, 5) is 48.1. The molecule has 200 valence electrons. The summed E-state index contributed by atoms with van der Waals surface area (Å²) in [6.07, 6.45) is -0.800. The third-order valence-electron chi connectivity index (χ3n) is 4.74. The molecule has 0 bridgehead atoms. The van der Waals surface area contributed by atoms with Gasteiger partial charge in [0.1, 0.15) is 12.6 Å². The Bertz CT molecular complexity index is 1040. The summed E-state index contributed by atoms with van der Waals surface area (Å²) >= 11 is 0. The number of hydrogen-bond acceptors (Lipinski definition) is 10. The van der Waals surface area contributed by atoms with Crippen molar-refractivity contribution < 1.29 is 47.6 Å². The number of carbonyl (C=O) groups is 4. The summed E-state index contributed by atoms with van der Waals surface area (Å²) in [6.45, 7) is 2.95. The van der Waals surface area contributed by atoms with Crippen LogP contribution in [0.2, 0.25) is 0 Å². The first kappa shape index (κ1) is 29.0. The van der Waals surface area contributed by atoms with Crippen molar-refractivity contribution in [3.63, 3.8) is 0 Å². The van der Waals surface area contributed by atoms with E-state index >= 15 is 0 Å². The Hall–Kier alpha value is -4.28. The van der Waals surface area contributed by atoms with Crippen LogP contribution in [0.4, 0.5) is 4.79 Å². The lowest BCUT2D eigenvalue weighted by molar-refractivity contribution is -0.147. The van der Waals surface area contributed by atoms with Crippen molar-refractivity contribution in [3.8, 4) is 11.5 Å². The highest BCUT2D eigenvalue weighted by Crippen LogP contribution is 2.29. The Kier molecular flexibility index (Phi) is 12.3. The van der Waals surface area contributed by atoms with Crippen molar-refractivity contribution in [2.45, 2.75) is 32.9 Å². The first-order chi connectivity index (χ1) is 17.9. The number of carbonyl (C=O) groups excluding carboxylic acids is 4. The maximum atomic E-state index is 12.8. The minimum Gasteiger partial charge on any atom is -0.478 e. The van der Waals surface area contributed by atoms with Crippen molar-refractivity contribution in [3.05, 3.63) is 59.7 Å². The van der Waals surface area contributed by atoms with Gasteiger partial charge in [0.15, 0.2) is 24.7 Å². The van der Waals surface area contributed by atoms with Gasteiger partial charge in [-0.3, -0.25) is 0 Å². The van der Waals surface area contributed by atoms with E-state index in [-0.39, 0.29) is 44.3 Å².